The highest BCUT2D eigenvalue weighted by atomic mass is 32.1. The molecule has 7 nitrogen and oxygen atoms in total. The first-order valence-electron chi connectivity index (χ1n) is 9.89. The van der Waals surface area contributed by atoms with E-state index in [9.17, 15) is 18.8 Å². The fraction of sp³-hybridized carbons (Fsp3) is 0.0833. The number of furan rings is 1. The van der Waals surface area contributed by atoms with Crippen LogP contribution in [0.25, 0.3) is 10.6 Å². The molecular weight excluding hydrogens is 447 g/mol. The van der Waals surface area contributed by atoms with Gasteiger partial charge in [0.05, 0.1) is 35.2 Å². The molecule has 1 aliphatic heterocycles. The number of nitrogens with zero attached hydrogens (tertiary/aromatic N) is 2. The molecule has 4 aromatic rings. The number of ether oxygens (including phenoxy) is 1. The number of halogens is 1. The molecule has 2 amide bonds. The number of carbonyl (C=O) groups excluding carboxylic acids is 3. The molecule has 3 heterocycles. The third-order valence-electron chi connectivity index (χ3n) is 5.09. The summed E-state index contributed by atoms with van der Waals surface area (Å²) in [4.78, 5) is 43.3. The Kier molecular flexibility index (Phi) is 5.31. The van der Waals surface area contributed by atoms with Gasteiger partial charge in [0.1, 0.15) is 23.2 Å². The summed E-state index contributed by atoms with van der Waals surface area (Å²) in [5.74, 6) is -1.43. The molecule has 0 fully saturated rings. The number of rotatable bonds is 6. The number of hydrogen-bond donors (Lipinski definition) is 0. The molecule has 0 atom stereocenters. The number of imide groups is 1. The highest BCUT2D eigenvalue weighted by molar-refractivity contribution is 7.13. The minimum atomic E-state index is -0.640. The fourth-order valence-electron chi connectivity index (χ4n) is 3.44. The van der Waals surface area contributed by atoms with E-state index in [2.05, 4.69) is 4.98 Å². The van der Waals surface area contributed by atoms with Gasteiger partial charge in [-0.3, -0.25) is 14.5 Å². The quantitative estimate of drug-likeness (QED) is 0.305. The molecule has 1 aliphatic rings. The molecule has 0 bridgehead atoms. The number of hydrogen-bond acceptors (Lipinski definition) is 7. The average molecular weight is 462 g/mol. The Hall–Kier alpha value is -4.11. The number of fused-ring (bicyclic) bond motifs is 1. The van der Waals surface area contributed by atoms with Crippen molar-refractivity contribution in [3.05, 3.63) is 100 Å². The molecule has 0 radical (unpaired) electrons. The van der Waals surface area contributed by atoms with Crippen LogP contribution >= 0.6 is 11.3 Å². The van der Waals surface area contributed by atoms with Crippen molar-refractivity contribution in [3.8, 4) is 10.6 Å². The maximum Gasteiger partial charge on any atom is 0.338 e. The number of esters is 1. The van der Waals surface area contributed by atoms with Crippen molar-refractivity contribution < 1.29 is 27.9 Å². The fourth-order valence-corrected chi connectivity index (χ4v) is 4.25. The van der Waals surface area contributed by atoms with Gasteiger partial charge in [-0.25, -0.2) is 14.2 Å². The third kappa shape index (κ3) is 4.06. The van der Waals surface area contributed by atoms with Crippen LogP contribution in [0, 0.1) is 5.82 Å². The van der Waals surface area contributed by atoms with Gasteiger partial charge in [0, 0.05) is 10.9 Å². The van der Waals surface area contributed by atoms with E-state index in [4.69, 9.17) is 9.15 Å². The van der Waals surface area contributed by atoms with Gasteiger partial charge >= 0.3 is 5.97 Å². The van der Waals surface area contributed by atoms with Crippen molar-refractivity contribution >= 4 is 29.1 Å². The maximum absolute atomic E-state index is 13.1. The summed E-state index contributed by atoms with van der Waals surface area (Å²) < 4.78 is 23.6. The Morgan fingerprint density at radius 3 is 2.61 bits per heavy atom. The van der Waals surface area contributed by atoms with Crippen LogP contribution in [0.2, 0.25) is 0 Å². The lowest BCUT2D eigenvalue weighted by Gasteiger charge is -2.11. The predicted octanol–water partition coefficient (Wildman–Crippen LogP) is 4.70. The van der Waals surface area contributed by atoms with Crippen molar-refractivity contribution in [3.63, 3.8) is 0 Å². The van der Waals surface area contributed by atoms with Gasteiger partial charge in [-0.1, -0.05) is 0 Å². The Balaban J connectivity index is 1.26. The van der Waals surface area contributed by atoms with Crippen LogP contribution in [0.3, 0.4) is 0 Å². The SMILES string of the molecule is O=C(OCc1csc(-c2ccc(F)cc2)n1)c1ccc2c(c1)C(=O)N(Cc1ccco1)C2=O. The van der Waals surface area contributed by atoms with Crippen LogP contribution in [-0.2, 0) is 17.9 Å². The molecule has 9 heteroatoms. The number of thiazole rings is 1. The third-order valence-corrected chi connectivity index (χ3v) is 6.03. The van der Waals surface area contributed by atoms with Crippen LogP contribution < -0.4 is 0 Å². The van der Waals surface area contributed by atoms with Gasteiger partial charge in [-0.05, 0) is 54.6 Å². The highest BCUT2D eigenvalue weighted by Gasteiger charge is 2.36. The zero-order valence-electron chi connectivity index (χ0n) is 17.0. The minimum absolute atomic E-state index is 0.0132. The Labute approximate surface area is 191 Å². The van der Waals surface area contributed by atoms with E-state index >= 15 is 0 Å². The first-order chi connectivity index (χ1) is 16.0. The second-order valence-electron chi connectivity index (χ2n) is 7.26. The number of amides is 2. The van der Waals surface area contributed by atoms with Crippen LogP contribution in [0.5, 0.6) is 0 Å². The summed E-state index contributed by atoms with van der Waals surface area (Å²) in [6, 6.07) is 13.6. The van der Waals surface area contributed by atoms with Crippen molar-refractivity contribution in [1.82, 2.24) is 9.88 Å². The molecule has 2 aromatic carbocycles. The standard InChI is InChI=1S/C24H15FN2O5S/c25-16-6-3-14(4-7-16)21-26-17(13-33-21)12-32-24(30)15-5-8-19-20(10-15)23(29)27(22(19)28)11-18-2-1-9-31-18/h1-10,13H,11-12H2. The second kappa shape index (κ2) is 8.44. The Morgan fingerprint density at radius 2 is 1.85 bits per heavy atom. The number of benzene rings is 2. The number of carbonyl (C=O) groups is 3. The summed E-state index contributed by atoms with van der Waals surface area (Å²) in [6.07, 6.45) is 1.46. The molecule has 0 spiro atoms. The van der Waals surface area contributed by atoms with E-state index in [0.29, 0.717) is 16.5 Å². The molecule has 33 heavy (non-hydrogen) atoms. The van der Waals surface area contributed by atoms with E-state index < -0.39 is 17.8 Å². The van der Waals surface area contributed by atoms with Gasteiger partial charge in [0.15, 0.2) is 0 Å². The molecule has 5 rings (SSSR count). The topological polar surface area (TPSA) is 89.7 Å². The smallest absolute Gasteiger partial charge is 0.338 e. The maximum atomic E-state index is 13.1. The van der Waals surface area contributed by atoms with Crippen LogP contribution in [0.15, 0.2) is 70.7 Å². The normalized spacial score (nSPS) is 12.8. The van der Waals surface area contributed by atoms with Crippen molar-refractivity contribution in [2.75, 3.05) is 0 Å². The first-order valence-corrected chi connectivity index (χ1v) is 10.8. The Bertz CT molecular complexity index is 1360. The largest absolute Gasteiger partial charge is 0.467 e. The first kappa shape index (κ1) is 20.8. The summed E-state index contributed by atoms with van der Waals surface area (Å²) in [7, 11) is 0. The Morgan fingerprint density at radius 1 is 1.06 bits per heavy atom. The lowest BCUT2D eigenvalue weighted by atomic mass is 10.1. The zero-order valence-corrected chi connectivity index (χ0v) is 17.8. The van der Waals surface area contributed by atoms with Crippen molar-refractivity contribution in [2.45, 2.75) is 13.2 Å². The van der Waals surface area contributed by atoms with Gasteiger partial charge in [-0.15, -0.1) is 11.3 Å². The van der Waals surface area contributed by atoms with Crippen LogP contribution in [-0.4, -0.2) is 27.7 Å². The molecule has 0 saturated heterocycles. The van der Waals surface area contributed by atoms with E-state index in [0.717, 1.165) is 10.5 Å². The van der Waals surface area contributed by atoms with E-state index in [1.165, 1.54) is 47.9 Å². The van der Waals surface area contributed by atoms with Gasteiger partial charge in [-0.2, -0.15) is 0 Å². The lowest BCUT2D eigenvalue weighted by Crippen LogP contribution is -2.28. The molecule has 0 N–H and O–H groups in total. The van der Waals surface area contributed by atoms with E-state index in [-0.39, 0.29) is 35.7 Å². The van der Waals surface area contributed by atoms with Gasteiger partial charge in [0.2, 0.25) is 0 Å². The minimum Gasteiger partial charge on any atom is -0.467 e. The molecule has 0 unspecified atom stereocenters. The van der Waals surface area contributed by atoms with Crippen LogP contribution in [0.4, 0.5) is 4.39 Å². The predicted molar refractivity (Wildman–Crippen MR) is 116 cm³/mol. The van der Waals surface area contributed by atoms with Crippen LogP contribution in [0.1, 0.15) is 42.5 Å². The van der Waals surface area contributed by atoms with Gasteiger partial charge < -0.3 is 9.15 Å². The van der Waals surface area contributed by atoms with E-state index in [1.807, 2.05) is 0 Å². The summed E-state index contributed by atoms with van der Waals surface area (Å²) in [5.41, 5.74) is 1.84. The average Bonchev–Trinajstić information content (AvgIpc) is 3.56. The molecule has 0 saturated carbocycles. The molecule has 164 valence electrons. The van der Waals surface area contributed by atoms with Crippen molar-refractivity contribution in [1.29, 1.82) is 0 Å². The lowest BCUT2D eigenvalue weighted by molar-refractivity contribution is 0.0468. The van der Waals surface area contributed by atoms with Crippen molar-refractivity contribution in [2.24, 2.45) is 0 Å². The second-order valence-corrected chi connectivity index (χ2v) is 8.12. The highest BCUT2D eigenvalue weighted by Crippen LogP contribution is 2.27. The summed E-state index contributed by atoms with van der Waals surface area (Å²) >= 11 is 1.35. The van der Waals surface area contributed by atoms with Gasteiger partial charge in [0.25, 0.3) is 11.8 Å². The number of aromatic nitrogens is 1. The molecular formula is C24H15FN2O5S. The molecule has 2 aromatic heterocycles. The summed E-state index contributed by atoms with van der Waals surface area (Å²) in [5, 5.41) is 2.43. The summed E-state index contributed by atoms with van der Waals surface area (Å²) in [6.45, 7) is -0.0511. The molecule has 0 aliphatic carbocycles. The zero-order chi connectivity index (χ0) is 22.9. The van der Waals surface area contributed by atoms with E-state index in [1.54, 1.807) is 29.6 Å². The monoisotopic (exact) mass is 462 g/mol.